The number of thioether (sulfide) groups is 1. The molecule has 4 nitrogen and oxygen atoms in total. The summed E-state index contributed by atoms with van der Waals surface area (Å²) >= 11 is 6.76. The highest BCUT2D eigenvalue weighted by Crippen LogP contribution is 2.47. The van der Waals surface area contributed by atoms with Gasteiger partial charge in [-0.3, -0.25) is 4.79 Å². The summed E-state index contributed by atoms with van der Waals surface area (Å²) < 4.78 is 41.0. The third-order valence-corrected chi connectivity index (χ3v) is 5.41. The van der Waals surface area contributed by atoms with Crippen molar-refractivity contribution >= 4 is 35.0 Å². The van der Waals surface area contributed by atoms with Crippen LogP contribution < -0.4 is 0 Å². The Morgan fingerprint density at radius 3 is 2.54 bits per heavy atom. The summed E-state index contributed by atoms with van der Waals surface area (Å²) in [5.74, 6) is -1.12. The zero-order valence-electron chi connectivity index (χ0n) is 12.7. The molecule has 2 aromatic rings. The first-order chi connectivity index (χ1) is 12.2. The Morgan fingerprint density at radius 1 is 1.19 bits per heavy atom. The topological polar surface area (TPSA) is 62.5 Å². The van der Waals surface area contributed by atoms with Crippen LogP contribution in [0.25, 0.3) is 11.3 Å². The largest absolute Gasteiger partial charge is 0.510 e. The van der Waals surface area contributed by atoms with Gasteiger partial charge in [0.05, 0.1) is 17.0 Å². The van der Waals surface area contributed by atoms with E-state index in [1.54, 1.807) is 24.3 Å². The Labute approximate surface area is 154 Å². The molecule has 0 spiro atoms. The lowest BCUT2D eigenvalue weighted by atomic mass is 9.98. The van der Waals surface area contributed by atoms with Crippen LogP contribution in [0, 0.1) is 0 Å². The van der Waals surface area contributed by atoms with Gasteiger partial charge in [0.15, 0.2) is 0 Å². The SMILES string of the molecule is O=C1C=C(O)C2Sc3nc(-c4ccc(Cl)cc4)cc(C(F)(F)F)c3C2=N1. The normalized spacial score (nSPS) is 18.9. The highest BCUT2D eigenvalue weighted by atomic mass is 35.5. The number of carbonyl (C=O) groups is 1. The Bertz CT molecular complexity index is 1000. The van der Waals surface area contributed by atoms with Gasteiger partial charge in [0.25, 0.3) is 5.91 Å². The predicted octanol–water partition coefficient (Wildman–Crippen LogP) is 4.67. The summed E-state index contributed by atoms with van der Waals surface area (Å²) in [5.41, 5.74) is -0.718. The summed E-state index contributed by atoms with van der Waals surface area (Å²) in [6.45, 7) is 0. The minimum absolute atomic E-state index is 0.0724. The first-order valence-corrected chi connectivity index (χ1v) is 8.58. The van der Waals surface area contributed by atoms with E-state index in [0.29, 0.717) is 10.6 Å². The fourth-order valence-electron chi connectivity index (χ4n) is 2.81. The molecule has 3 heterocycles. The van der Waals surface area contributed by atoms with Crippen LogP contribution in [0.2, 0.25) is 5.02 Å². The third kappa shape index (κ3) is 2.79. The zero-order chi connectivity index (χ0) is 18.6. The van der Waals surface area contributed by atoms with Crippen molar-refractivity contribution in [2.24, 2.45) is 4.99 Å². The van der Waals surface area contributed by atoms with Crippen molar-refractivity contribution in [1.29, 1.82) is 0 Å². The van der Waals surface area contributed by atoms with E-state index >= 15 is 0 Å². The van der Waals surface area contributed by atoms with Crippen LogP contribution in [0.15, 0.2) is 52.2 Å². The highest BCUT2D eigenvalue weighted by molar-refractivity contribution is 8.01. The van der Waals surface area contributed by atoms with Crippen LogP contribution in [-0.4, -0.2) is 27.0 Å². The van der Waals surface area contributed by atoms with Gasteiger partial charge in [-0.25, -0.2) is 9.98 Å². The number of amides is 1. The Balaban J connectivity index is 1.94. The van der Waals surface area contributed by atoms with Gasteiger partial charge in [-0.2, -0.15) is 13.2 Å². The van der Waals surface area contributed by atoms with Crippen molar-refractivity contribution in [2.45, 2.75) is 16.5 Å². The average Bonchev–Trinajstić information content (AvgIpc) is 2.92. The number of dihydropyridines is 1. The summed E-state index contributed by atoms with van der Waals surface area (Å²) in [7, 11) is 0. The van der Waals surface area contributed by atoms with Crippen LogP contribution in [0.1, 0.15) is 11.1 Å². The maximum atomic E-state index is 13.7. The number of alkyl halides is 3. The van der Waals surface area contributed by atoms with Crippen LogP contribution in [0.3, 0.4) is 0 Å². The number of aliphatic hydroxyl groups is 1. The van der Waals surface area contributed by atoms with Crippen LogP contribution in [0.4, 0.5) is 13.2 Å². The molecule has 0 aliphatic carbocycles. The van der Waals surface area contributed by atoms with Crippen molar-refractivity contribution in [3.63, 3.8) is 0 Å². The number of pyridine rings is 1. The predicted molar refractivity (Wildman–Crippen MR) is 91.6 cm³/mol. The first kappa shape index (κ1) is 17.1. The lowest BCUT2D eigenvalue weighted by Gasteiger charge is -2.16. The molecular weight excluding hydrogens is 389 g/mol. The molecule has 2 aliphatic heterocycles. The number of nitrogens with zero attached hydrogens (tertiary/aromatic N) is 2. The molecule has 4 rings (SSSR count). The second-order valence-electron chi connectivity index (χ2n) is 5.64. The van der Waals surface area contributed by atoms with Crippen molar-refractivity contribution in [3.05, 3.63) is 58.3 Å². The summed E-state index contributed by atoms with van der Waals surface area (Å²) in [4.78, 5) is 19.5. The number of halogens is 4. The van der Waals surface area contributed by atoms with Crippen molar-refractivity contribution < 1.29 is 23.1 Å². The van der Waals surface area contributed by atoms with Gasteiger partial charge >= 0.3 is 6.18 Å². The zero-order valence-corrected chi connectivity index (χ0v) is 14.3. The molecule has 9 heteroatoms. The highest BCUT2D eigenvalue weighted by Gasteiger charge is 2.45. The standard InChI is InChI=1S/C17H8ClF3N2O2S/c18-8-3-1-7(2-4-8)10-5-9(17(19,20)21)13-14-15(26-16(13)22-10)11(24)6-12(25)23-14/h1-6,15,24H. The molecule has 26 heavy (non-hydrogen) atoms. The number of carbonyl (C=O) groups excluding carboxylic acids is 1. The first-order valence-electron chi connectivity index (χ1n) is 7.32. The number of hydrogen-bond donors (Lipinski definition) is 1. The molecule has 1 aromatic heterocycles. The fourth-order valence-corrected chi connectivity index (χ4v) is 4.12. The van der Waals surface area contributed by atoms with Crippen molar-refractivity contribution in [3.8, 4) is 11.3 Å². The summed E-state index contributed by atoms with van der Waals surface area (Å²) in [5, 5.41) is 9.61. The van der Waals surface area contributed by atoms with E-state index in [9.17, 15) is 23.1 Å². The van der Waals surface area contributed by atoms with E-state index in [1.165, 1.54) is 0 Å². The molecule has 0 fully saturated rings. The van der Waals surface area contributed by atoms with Crippen LogP contribution in [0.5, 0.6) is 0 Å². The van der Waals surface area contributed by atoms with Gasteiger partial charge in [-0.05, 0) is 18.2 Å². The molecule has 2 aliphatic rings. The van der Waals surface area contributed by atoms with Gasteiger partial charge in [-0.15, -0.1) is 0 Å². The Kier molecular flexibility index (Phi) is 3.85. The third-order valence-electron chi connectivity index (χ3n) is 3.94. The van der Waals surface area contributed by atoms with Gasteiger partial charge in [0.1, 0.15) is 16.0 Å². The van der Waals surface area contributed by atoms with Crippen molar-refractivity contribution in [1.82, 2.24) is 4.98 Å². The van der Waals surface area contributed by atoms with Gasteiger partial charge in [-0.1, -0.05) is 35.5 Å². The average molecular weight is 397 g/mol. The number of hydrogen-bond acceptors (Lipinski definition) is 4. The molecule has 0 radical (unpaired) electrons. The van der Waals surface area contributed by atoms with E-state index < -0.39 is 22.9 Å². The summed E-state index contributed by atoms with van der Waals surface area (Å²) in [6.07, 6.45) is -3.77. The van der Waals surface area contributed by atoms with E-state index in [-0.39, 0.29) is 27.8 Å². The molecule has 1 aromatic carbocycles. The number of fused-ring (bicyclic) bond motifs is 3. The lowest BCUT2D eigenvalue weighted by molar-refractivity contribution is -0.138. The van der Waals surface area contributed by atoms with Crippen LogP contribution >= 0.6 is 23.4 Å². The molecule has 1 unspecified atom stereocenters. The molecule has 0 saturated heterocycles. The van der Waals surface area contributed by atoms with E-state index in [2.05, 4.69) is 9.98 Å². The van der Waals surface area contributed by atoms with Gasteiger partial charge in [0.2, 0.25) is 0 Å². The molecular formula is C17H8ClF3N2O2S. The molecule has 0 bridgehead atoms. The smallest absolute Gasteiger partial charge is 0.417 e. The van der Waals surface area contributed by atoms with Gasteiger partial charge in [0, 0.05) is 22.2 Å². The van der Waals surface area contributed by atoms with Crippen LogP contribution in [-0.2, 0) is 11.0 Å². The maximum absolute atomic E-state index is 13.7. The number of aliphatic imine (C=N–C) groups is 1. The molecule has 1 N–H and O–H groups in total. The Hall–Kier alpha value is -2.32. The maximum Gasteiger partial charge on any atom is 0.417 e. The van der Waals surface area contributed by atoms with E-state index in [4.69, 9.17) is 11.6 Å². The Morgan fingerprint density at radius 2 is 1.88 bits per heavy atom. The van der Waals surface area contributed by atoms with Gasteiger partial charge < -0.3 is 5.11 Å². The second kappa shape index (κ2) is 5.85. The second-order valence-corrected chi connectivity index (χ2v) is 7.17. The van der Waals surface area contributed by atoms with E-state index in [0.717, 1.165) is 23.9 Å². The lowest BCUT2D eigenvalue weighted by Crippen LogP contribution is -2.24. The number of benzene rings is 1. The van der Waals surface area contributed by atoms with E-state index in [1.807, 2.05) is 0 Å². The quantitative estimate of drug-likeness (QED) is 0.761. The minimum atomic E-state index is -4.67. The fraction of sp³-hybridized carbons (Fsp3) is 0.118. The monoisotopic (exact) mass is 396 g/mol. The number of rotatable bonds is 1. The number of aliphatic hydroxyl groups excluding tert-OH is 1. The number of aromatic nitrogens is 1. The summed E-state index contributed by atoms with van der Waals surface area (Å²) in [6, 6.07) is 7.19. The minimum Gasteiger partial charge on any atom is -0.510 e. The molecule has 132 valence electrons. The molecule has 0 saturated carbocycles. The molecule has 1 atom stereocenters. The van der Waals surface area contributed by atoms with Crippen molar-refractivity contribution in [2.75, 3.05) is 0 Å². The molecule has 1 amide bonds.